The molecule has 2 aromatic carbocycles. The van der Waals surface area contributed by atoms with Crippen molar-refractivity contribution in [3.05, 3.63) is 64.7 Å². The molecule has 2 amide bonds. The number of hydrogen-bond acceptors (Lipinski definition) is 6. The summed E-state index contributed by atoms with van der Waals surface area (Å²) in [5.74, 6) is -1.44. The highest BCUT2D eigenvalue weighted by Gasteiger charge is 2.31. The minimum absolute atomic E-state index is 0.0173. The third kappa shape index (κ3) is 9.67. The fourth-order valence-corrected chi connectivity index (χ4v) is 6.24. The molecule has 0 aromatic heterocycles. The van der Waals surface area contributed by atoms with E-state index in [1.165, 1.54) is 7.05 Å². The zero-order valence-electron chi connectivity index (χ0n) is 24.5. The molecular weight excluding hydrogens is 544 g/mol. The van der Waals surface area contributed by atoms with Crippen molar-refractivity contribution in [2.45, 2.75) is 83.8 Å². The van der Waals surface area contributed by atoms with E-state index in [4.69, 9.17) is 4.74 Å². The van der Waals surface area contributed by atoms with Gasteiger partial charge in [0.15, 0.2) is 0 Å². The van der Waals surface area contributed by atoms with Gasteiger partial charge in [-0.2, -0.15) is 8.42 Å². The minimum Gasteiger partial charge on any atom is -0.488 e. The summed E-state index contributed by atoms with van der Waals surface area (Å²) in [6, 6.07) is 12.6. The molecule has 1 aliphatic rings. The van der Waals surface area contributed by atoms with Crippen LogP contribution >= 0.6 is 0 Å². The molecule has 9 nitrogen and oxygen atoms in total. The lowest BCUT2D eigenvalue weighted by Gasteiger charge is -2.31. The summed E-state index contributed by atoms with van der Waals surface area (Å²) in [6.07, 6.45) is 1.14. The van der Waals surface area contributed by atoms with Crippen molar-refractivity contribution < 1.29 is 32.1 Å². The lowest BCUT2D eigenvalue weighted by Crippen LogP contribution is -2.47. The van der Waals surface area contributed by atoms with Crippen LogP contribution in [0.15, 0.2) is 42.5 Å². The molecule has 3 atom stereocenters. The van der Waals surface area contributed by atoms with Crippen molar-refractivity contribution in [2.24, 2.45) is 5.92 Å². The van der Waals surface area contributed by atoms with Gasteiger partial charge in [0.2, 0.25) is 11.8 Å². The maximum atomic E-state index is 13.0. The van der Waals surface area contributed by atoms with Crippen molar-refractivity contribution >= 4 is 27.7 Å². The van der Waals surface area contributed by atoms with Crippen LogP contribution in [0.3, 0.4) is 0 Å². The fraction of sp³-hybridized carbons (Fsp3) is 0.516. The third-order valence-corrected chi connectivity index (χ3v) is 8.08. The first-order valence-corrected chi connectivity index (χ1v) is 15.6. The zero-order valence-corrected chi connectivity index (χ0v) is 25.3. The lowest BCUT2D eigenvalue weighted by atomic mass is 9.79. The van der Waals surface area contributed by atoms with Gasteiger partial charge in [0, 0.05) is 44.2 Å². The fourth-order valence-electron chi connectivity index (χ4n) is 5.40. The number of benzene rings is 2. The second-order valence-corrected chi connectivity index (χ2v) is 13.4. The van der Waals surface area contributed by atoms with E-state index in [0.29, 0.717) is 12.2 Å². The van der Waals surface area contributed by atoms with Crippen LogP contribution in [0, 0.1) is 5.92 Å². The van der Waals surface area contributed by atoms with Crippen molar-refractivity contribution in [2.75, 3.05) is 12.8 Å². The highest BCUT2D eigenvalue weighted by atomic mass is 32.2. The smallest absolute Gasteiger partial charge is 0.265 e. The van der Waals surface area contributed by atoms with Gasteiger partial charge in [-0.25, -0.2) is 0 Å². The molecule has 0 radical (unpaired) electrons. The average molecular weight is 587 g/mol. The van der Waals surface area contributed by atoms with Gasteiger partial charge in [-0.1, -0.05) is 43.3 Å². The van der Waals surface area contributed by atoms with Gasteiger partial charge in [-0.15, -0.1) is 0 Å². The van der Waals surface area contributed by atoms with E-state index in [1.807, 2.05) is 63.2 Å². The molecule has 224 valence electrons. The third-order valence-electron chi connectivity index (χ3n) is 7.09. The zero-order chi connectivity index (χ0) is 30.4. The Morgan fingerprint density at radius 1 is 1.10 bits per heavy atom. The van der Waals surface area contributed by atoms with Gasteiger partial charge in [0.05, 0.1) is 5.75 Å². The number of carbonyl (C=O) groups is 3. The maximum absolute atomic E-state index is 13.0. The molecule has 1 aliphatic heterocycles. The summed E-state index contributed by atoms with van der Waals surface area (Å²) >= 11 is 0. The second kappa shape index (κ2) is 13.6. The van der Waals surface area contributed by atoms with Gasteiger partial charge in [0.25, 0.3) is 10.1 Å². The monoisotopic (exact) mass is 586 g/mol. The van der Waals surface area contributed by atoms with Crippen LogP contribution in [0.4, 0.5) is 0 Å². The Bertz CT molecular complexity index is 1350. The summed E-state index contributed by atoms with van der Waals surface area (Å²) < 4.78 is 39.7. The molecular formula is C31H42N2O7S. The van der Waals surface area contributed by atoms with Crippen LogP contribution in [0.2, 0.25) is 0 Å². The Labute approximate surface area is 243 Å². The Balaban J connectivity index is 2.34. The Morgan fingerprint density at radius 3 is 2.39 bits per heavy atom. The van der Waals surface area contributed by atoms with E-state index in [2.05, 4.69) is 10.6 Å². The van der Waals surface area contributed by atoms with Gasteiger partial charge >= 0.3 is 0 Å². The van der Waals surface area contributed by atoms with Crippen LogP contribution in [0.1, 0.15) is 81.5 Å². The van der Waals surface area contributed by atoms with E-state index in [9.17, 15) is 27.4 Å². The van der Waals surface area contributed by atoms with Crippen LogP contribution in [-0.4, -0.2) is 55.0 Å². The first kappa shape index (κ1) is 32.3. The Morgan fingerprint density at radius 2 is 1.78 bits per heavy atom. The van der Waals surface area contributed by atoms with Crippen LogP contribution in [0.25, 0.3) is 0 Å². The molecule has 3 N–H and O–H groups in total. The van der Waals surface area contributed by atoms with E-state index in [1.54, 1.807) is 6.92 Å². The molecule has 0 saturated carbocycles. The SMILES string of the molecule is CNC(=O)C1Cc2ccc(OC(C)(C)C)c(c2C[C@@H](C)CS(=O)(=O)O)C(c2ccccc2)CCC(=O)CCC(=O)N1. The molecule has 2 bridgehead atoms. The maximum Gasteiger partial charge on any atom is 0.265 e. The normalized spacial score (nSPS) is 19.7. The molecule has 1 heterocycles. The molecule has 10 heteroatoms. The Kier molecular flexibility index (Phi) is 10.7. The highest BCUT2D eigenvalue weighted by molar-refractivity contribution is 7.85. The van der Waals surface area contributed by atoms with Crippen molar-refractivity contribution in [1.82, 2.24) is 10.6 Å². The highest BCUT2D eigenvalue weighted by Crippen LogP contribution is 2.42. The number of carbonyl (C=O) groups excluding carboxylic acids is 3. The van der Waals surface area contributed by atoms with Crippen LogP contribution in [0.5, 0.6) is 5.75 Å². The van der Waals surface area contributed by atoms with E-state index >= 15 is 0 Å². The number of ketones is 1. The predicted octanol–water partition coefficient (Wildman–Crippen LogP) is 3.98. The summed E-state index contributed by atoms with van der Waals surface area (Å²) in [4.78, 5) is 38.6. The number of rotatable bonds is 7. The molecule has 0 aliphatic carbocycles. The number of nitrogens with one attached hydrogen (secondary N) is 2. The average Bonchev–Trinajstić information content (AvgIpc) is 2.87. The molecule has 0 spiro atoms. The van der Waals surface area contributed by atoms with Gasteiger partial charge in [0.1, 0.15) is 23.2 Å². The first-order chi connectivity index (χ1) is 19.2. The largest absolute Gasteiger partial charge is 0.488 e. The van der Waals surface area contributed by atoms with Crippen molar-refractivity contribution in [3.63, 3.8) is 0 Å². The topological polar surface area (TPSA) is 139 Å². The number of likely N-dealkylation sites (N-methyl/N-ethyl adjacent to an activating group) is 1. The van der Waals surface area contributed by atoms with Crippen molar-refractivity contribution in [1.29, 1.82) is 0 Å². The summed E-state index contributed by atoms with van der Waals surface area (Å²) in [6.45, 7) is 7.55. The summed E-state index contributed by atoms with van der Waals surface area (Å²) in [5.41, 5.74) is 2.76. The summed E-state index contributed by atoms with van der Waals surface area (Å²) in [5, 5.41) is 5.39. The molecule has 2 unspecified atom stereocenters. The molecule has 41 heavy (non-hydrogen) atoms. The molecule has 0 fully saturated rings. The minimum atomic E-state index is -4.25. The second-order valence-electron chi connectivity index (χ2n) is 11.9. The summed E-state index contributed by atoms with van der Waals surface area (Å²) in [7, 11) is -2.76. The molecule has 2 aromatic rings. The number of ether oxygens (including phenoxy) is 1. The predicted molar refractivity (Wildman–Crippen MR) is 158 cm³/mol. The van der Waals surface area contributed by atoms with Gasteiger partial charge in [-0.3, -0.25) is 18.9 Å². The standard InChI is InChI=1S/C31H42N2O7S/c1-20(19-41(37,38)39)17-25-22-11-15-27(40-31(2,3)4)29(25)24(21-9-7-6-8-10-21)14-12-23(34)13-16-28(35)33-26(18-22)30(36)32-5/h6-11,15,20,24,26H,12-14,16-19H2,1-5H3,(H,32,36)(H,33,35)(H,37,38,39)/t20-,24?,26?/m1/s1. The number of Topliss-reactive ketones (excluding diaryl/α,β-unsaturated/α-hetero) is 1. The van der Waals surface area contributed by atoms with Crippen molar-refractivity contribution in [3.8, 4) is 5.75 Å². The number of fused-ring (bicyclic) bond motifs is 2. The molecule has 3 rings (SSSR count). The Hall–Kier alpha value is -3.24. The van der Waals surface area contributed by atoms with E-state index < -0.39 is 33.4 Å². The van der Waals surface area contributed by atoms with Gasteiger partial charge < -0.3 is 15.4 Å². The number of amides is 2. The van der Waals surface area contributed by atoms with Gasteiger partial charge in [-0.05, 0) is 62.3 Å². The molecule has 0 saturated heterocycles. The first-order valence-electron chi connectivity index (χ1n) is 14.0. The van der Waals surface area contributed by atoms with E-state index in [-0.39, 0.29) is 55.6 Å². The van der Waals surface area contributed by atoms with E-state index in [0.717, 1.165) is 22.3 Å². The van der Waals surface area contributed by atoms with Crippen LogP contribution in [-0.2, 0) is 37.3 Å². The lowest BCUT2D eigenvalue weighted by molar-refractivity contribution is -0.129. The quantitative estimate of drug-likeness (QED) is 0.417. The number of hydrogen-bond donors (Lipinski definition) is 3. The van der Waals surface area contributed by atoms with Crippen LogP contribution < -0.4 is 15.4 Å².